The molecule has 2 nitrogen and oxygen atoms in total. The van der Waals surface area contributed by atoms with Crippen LogP contribution in [0.3, 0.4) is 0 Å². The number of alkyl halides is 4. The minimum Gasteiger partial charge on any atom is -0.483 e. The van der Waals surface area contributed by atoms with Crippen LogP contribution in [0.1, 0.15) is 13.3 Å². The van der Waals surface area contributed by atoms with Crippen molar-refractivity contribution < 1.29 is 27.5 Å². The van der Waals surface area contributed by atoms with Gasteiger partial charge in [0.2, 0.25) is 0 Å². The summed E-state index contributed by atoms with van der Waals surface area (Å²) in [6.07, 6.45) is -0.681. The van der Waals surface area contributed by atoms with Crippen molar-refractivity contribution >= 4 is 6.47 Å². The van der Waals surface area contributed by atoms with E-state index in [9.17, 15) is 17.6 Å². The number of hydrogen-bond donors (Lipinski definition) is 1. The number of rotatable bonds is 0. The fourth-order valence-electron chi connectivity index (χ4n) is 0.878. The Bertz CT molecular complexity index is 169. The highest BCUT2D eigenvalue weighted by Gasteiger charge is 2.69. The van der Waals surface area contributed by atoms with Gasteiger partial charge in [0, 0.05) is 12.3 Å². The van der Waals surface area contributed by atoms with Gasteiger partial charge in [-0.1, -0.05) is 6.92 Å². The van der Waals surface area contributed by atoms with Crippen molar-refractivity contribution in [1.29, 1.82) is 0 Å². The average molecular weight is 188 g/mol. The molecule has 0 aliphatic heterocycles. The molecule has 1 aliphatic carbocycles. The maximum atomic E-state index is 12.0. The molecule has 0 saturated heterocycles. The van der Waals surface area contributed by atoms with Crippen LogP contribution in [0.5, 0.6) is 0 Å². The Morgan fingerprint density at radius 3 is 1.75 bits per heavy atom. The summed E-state index contributed by atoms with van der Waals surface area (Å²) in [4.78, 5) is 8.36. The topological polar surface area (TPSA) is 37.3 Å². The van der Waals surface area contributed by atoms with Crippen molar-refractivity contribution in [3.8, 4) is 0 Å². The minimum absolute atomic E-state index is 0.250. The fraction of sp³-hybridized carbons (Fsp3) is 0.833. The summed E-state index contributed by atoms with van der Waals surface area (Å²) in [6, 6.07) is 0. The molecule has 0 aromatic carbocycles. The Morgan fingerprint density at radius 2 is 1.75 bits per heavy atom. The van der Waals surface area contributed by atoms with Gasteiger partial charge in [-0.05, 0) is 0 Å². The van der Waals surface area contributed by atoms with Crippen LogP contribution in [0.4, 0.5) is 17.6 Å². The first-order valence-electron chi connectivity index (χ1n) is 3.13. The van der Waals surface area contributed by atoms with E-state index in [2.05, 4.69) is 0 Å². The van der Waals surface area contributed by atoms with E-state index in [1.807, 2.05) is 0 Å². The molecule has 0 spiro atoms. The van der Waals surface area contributed by atoms with Gasteiger partial charge in [-0.2, -0.15) is 17.6 Å². The predicted molar refractivity (Wildman–Crippen MR) is 32.4 cm³/mol. The molecule has 6 heteroatoms. The van der Waals surface area contributed by atoms with E-state index < -0.39 is 24.2 Å². The first-order valence-corrected chi connectivity index (χ1v) is 3.13. The highest BCUT2D eigenvalue weighted by molar-refractivity contribution is 5.32. The molecule has 1 saturated carbocycles. The zero-order valence-corrected chi connectivity index (χ0v) is 6.23. The second kappa shape index (κ2) is 3.28. The van der Waals surface area contributed by atoms with Gasteiger partial charge in [-0.25, -0.2) is 0 Å². The van der Waals surface area contributed by atoms with Gasteiger partial charge >= 0.3 is 11.8 Å². The van der Waals surface area contributed by atoms with E-state index in [0.29, 0.717) is 0 Å². The summed E-state index contributed by atoms with van der Waals surface area (Å²) < 4.78 is 47.6. The van der Waals surface area contributed by atoms with E-state index in [1.54, 1.807) is 0 Å². The van der Waals surface area contributed by atoms with E-state index in [4.69, 9.17) is 9.90 Å². The van der Waals surface area contributed by atoms with Crippen LogP contribution in [0.2, 0.25) is 0 Å². The lowest BCUT2D eigenvalue weighted by Crippen LogP contribution is -2.57. The molecule has 0 bridgehead atoms. The molecule has 12 heavy (non-hydrogen) atoms. The normalized spacial score (nSPS) is 29.2. The molecule has 1 aliphatic rings. The fourth-order valence-corrected chi connectivity index (χ4v) is 0.878. The van der Waals surface area contributed by atoms with E-state index in [-0.39, 0.29) is 6.47 Å². The Morgan fingerprint density at radius 1 is 1.42 bits per heavy atom. The lowest BCUT2D eigenvalue weighted by molar-refractivity contribution is -0.309. The highest BCUT2D eigenvalue weighted by Crippen LogP contribution is 2.54. The van der Waals surface area contributed by atoms with Crippen molar-refractivity contribution in [2.24, 2.45) is 5.92 Å². The summed E-state index contributed by atoms with van der Waals surface area (Å²) in [6.45, 7) is 0.872. The van der Waals surface area contributed by atoms with Crippen LogP contribution in [-0.2, 0) is 4.79 Å². The van der Waals surface area contributed by atoms with E-state index in [0.717, 1.165) is 6.92 Å². The zero-order valence-electron chi connectivity index (χ0n) is 6.23. The van der Waals surface area contributed by atoms with Crippen LogP contribution in [0, 0.1) is 5.92 Å². The van der Waals surface area contributed by atoms with Gasteiger partial charge in [0.25, 0.3) is 6.47 Å². The summed E-state index contributed by atoms with van der Waals surface area (Å²) in [5, 5.41) is 6.89. The zero-order chi connectivity index (χ0) is 9.99. The first-order chi connectivity index (χ1) is 5.29. The van der Waals surface area contributed by atoms with E-state index >= 15 is 0 Å². The predicted octanol–water partition coefficient (Wildman–Crippen LogP) is 2.00. The van der Waals surface area contributed by atoms with Crippen LogP contribution in [0.25, 0.3) is 0 Å². The molecule has 1 fully saturated rings. The largest absolute Gasteiger partial charge is 0.483 e. The number of carboxylic acid groups (broad SMARTS) is 1. The molecule has 1 atom stereocenters. The molecule has 0 aromatic rings. The lowest BCUT2D eigenvalue weighted by Gasteiger charge is -2.41. The molecule has 72 valence electrons. The minimum atomic E-state index is -3.76. The number of carbonyl (C=O) groups is 1. The SMILES string of the molecule is CC1CC(F)(F)C1(F)F.O=CO. The number of halogens is 4. The standard InChI is InChI=1S/C5H6F4.CH2O2/c1-3-2-4(6,7)5(3,8)9;2-1-3/h3H,2H2,1H3;1H,(H,2,3). The van der Waals surface area contributed by atoms with Crippen LogP contribution in [0.15, 0.2) is 0 Å². The van der Waals surface area contributed by atoms with Crippen molar-refractivity contribution in [1.82, 2.24) is 0 Å². The molecule has 0 amide bonds. The molecular formula is C6H8F4O2. The monoisotopic (exact) mass is 188 g/mol. The third-order valence-corrected chi connectivity index (χ3v) is 1.67. The molecule has 1 N–H and O–H groups in total. The van der Waals surface area contributed by atoms with Gasteiger partial charge in [0.05, 0.1) is 0 Å². The Hall–Kier alpha value is -0.810. The third kappa shape index (κ3) is 1.67. The van der Waals surface area contributed by atoms with Gasteiger partial charge in [0.15, 0.2) is 0 Å². The van der Waals surface area contributed by atoms with Crippen molar-refractivity contribution in [2.45, 2.75) is 25.2 Å². The van der Waals surface area contributed by atoms with Gasteiger partial charge in [-0.15, -0.1) is 0 Å². The number of hydrogen-bond acceptors (Lipinski definition) is 1. The second-order valence-corrected chi connectivity index (χ2v) is 2.54. The third-order valence-electron chi connectivity index (χ3n) is 1.67. The maximum absolute atomic E-state index is 12.0. The van der Waals surface area contributed by atoms with Crippen LogP contribution >= 0.6 is 0 Å². The highest BCUT2D eigenvalue weighted by atomic mass is 19.3. The molecule has 0 aromatic heterocycles. The average Bonchev–Trinajstić information content (AvgIpc) is 1.88. The summed E-state index contributed by atoms with van der Waals surface area (Å²) in [5.41, 5.74) is 0. The quantitative estimate of drug-likeness (QED) is 0.466. The van der Waals surface area contributed by atoms with Crippen molar-refractivity contribution in [3.63, 3.8) is 0 Å². The Labute approximate surface area is 66.2 Å². The van der Waals surface area contributed by atoms with Crippen molar-refractivity contribution in [2.75, 3.05) is 0 Å². The van der Waals surface area contributed by atoms with Crippen molar-refractivity contribution in [3.05, 3.63) is 0 Å². The van der Waals surface area contributed by atoms with Gasteiger partial charge in [0.1, 0.15) is 0 Å². The van der Waals surface area contributed by atoms with E-state index in [1.165, 1.54) is 0 Å². The molecule has 0 heterocycles. The van der Waals surface area contributed by atoms with Gasteiger partial charge < -0.3 is 5.11 Å². The Balaban J connectivity index is 0.000000354. The molecular weight excluding hydrogens is 180 g/mol. The first kappa shape index (κ1) is 11.2. The smallest absolute Gasteiger partial charge is 0.312 e. The maximum Gasteiger partial charge on any atom is 0.312 e. The summed E-state index contributed by atoms with van der Waals surface area (Å²) >= 11 is 0. The second-order valence-electron chi connectivity index (χ2n) is 2.54. The van der Waals surface area contributed by atoms with Crippen LogP contribution in [-0.4, -0.2) is 23.4 Å². The molecule has 1 unspecified atom stereocenters. The van der Waals surface area contributed by atoms with Crippen LogP contribution < -0.4 is 0 Å². The summed E-state index contributed by atoms with van der Waals surface area (Å²) in [7, 11) is 0. The summed E-state index contributed by atoms with van der Waals surface area (Å²) in [5.74, 6) is -8.66. The lowest BCUT2D eigenvalue weighted by atomic mass is 9.78. The molecule has 0 radical (unpaired) electrons. The Kier molecular flexibility index (Phi) is 3.06. The van der Waals surface area contributed by atoms with Gasteiger partial charge in [-0.3, -0.25) is 4.79 Å². The molecule has 1 rings (SSSR count).